The van der Waals surface area contributed by atoms with Crippen molar-refractivity contribution in [1.82, 2.24) is 9.80 Å². The lowest BCUT2D eigenvalue weighted by Gasteiger charge is -2.27. The van der Waals surface area contributed by atoms with Gasteiger partial charge in [0, 0.05) is 40.9 Å². The minimum Gasteiger partial charge on any atom is -0.395 e. The van der Waals surface area contributed by atoms with E-state index >= 15 is 0 Å². The molecule has 2 aromatic carbocycles. The minimum absolute atomic E-state index is 0.0413. The molecule has 0 atom stereocenters. The molecule has 7 N–H and O–H groups in total. The van der Waals surface area contributed by atoms with Crippen LogP contribution in [0.5, 0.6) is 0 Å². The second-order valence-electron chi connectivity index (χ2n) is 8.84. The van der Waals surface area contributed by atoms with E-state index in [0.717, 1.165) is 0 Å². The molecule has 1 aliphatic carbocycles. The summed E-state index contributed by atoms with van der Waals surface area (Å²) >= 11 is 5.64. The molecule has 3 rings (SSSR count). The summed E-state index contributed by atoms with van der Waals surface area (Å²) < 4.78 is 0.827. The van der Waals surface area contributed by atoms with Crippen molar-refractivity contribution in [2.45, 2.75) is 0 Å². The van der Waals surface area contributed by atoms with Gasteiger partial charge in [-0.15, -0.1) is 0 Å². The quantitative estimate of drug-likeness (QED) is 0.156. The summed E-state index contributed by atoms with van der Waals surface area (Å²) in [5.74, 6) is -3.08. The summed E-state index contributed by atoms with van der Waals surface area (Å²) in [5, 5.41) is 57.9. The number of halogens is 3. The van der Waals surface area contributed by atoms with Crippen LogP contribution in [0, 0.1) is 27.4 Å². The molecule has 12 nitrogen and oxygen atoms in total. The van der Waals surface area contributed by atoms with Crippen molar-refractivity contribution in [3.63, 3.8) is 0 Å². The summed E-state index contributed by atoms with van der Waals surface area (Å²) in [4.78, 5) is 43.5. The van der Waals surface area contributed by atoms with Crippen molar-refractivity contribution in [3.8, 4) is 0 Å². The summed E-state index contributed by atoms with van der Waals surface area (Å²) in [6.07, 6.45) is 0. The molecule has 0 bridgehead atoms. The fourth-order valence-corrected chi connectivity index (χ4v) is 8.80. The Morgan fingerprint density at radius 1 is 0.707 bits per heavy atom. The molecule has 0 saturated heterocycles. The minimum atomic E-state index is -1.21. The standard InChI is InChI=1S/C26H28I3N5O7/c27-18-15(25(40)33(5-9-35)6-10-36)19(28)23(20(29)16(18)26(41)34(7-11-37)8-12-38)32-24(39)17-21(30)13-3-1-2-4-14(13)22(17)31/h1-4,17,30-31,35-38H,5-12H2,(H,32,39). The fourth-order valence-electron chi connectivity index (χ4n) is 4.44. The number of rotatable bonds is 12. The summed E-state index contributed by atoms with van der Waals surface area (Å²) in [5.41, 5.74) is 1.11. The third-order valence-electron chi connectivity index (χ3n) is 6.39. The maximum Gasteiger partial charge on any atom is 0.256 e. The molecular weight excluding hydrogens is 875 g/mol. The van der Waals surface area contributed by atoms with Crippen molar-refractivity contribution in [2.75, 3.05) is 57.9 Å². The number of amides is 3. The molecule has 220 valence electrons. The lowest BCUT2D eigenvalue weighted by atomic mass is 10.0. The predicted octanol–water partition coefficient (Wildman–Crippen LogP) is 1.36. The number of nitrogens with one attached hydrogen (secondary N) is 3. The van der Waals surface area contributed by atoms with E-state index in [1.54, 1.807) is 24.3 Å². The average Bonchev–Trinajstić information content (AvgIpc) is 3.20. The number of carbonyl (C=O) groups is 3. The summed E-state index contributed by atoms with van der Waals surface area (Å²) in [6, 6.07) is 6.77. The van der Waals surface area contributed by atoms with E-state index in [9.17, 15) is 34.8 Å². The molecule has 0 saturated carbocycles. The van der Waals surface area contributed by atoms with Gasteiger partial charge in [-0.05, 0) is 67.8 Å². The molecule has 0 aromatic heterocycles. The molecule has 15 heteroatoms. The Hall–Kier alpha value is -1.78. The van der Waals surface area contributed by atoms with Crippen LogP contribution >= 0.6 is 67.8 Å². The van der Waals surface area contributed by atoms with Crippen LogP contribution in [0.15, 0.2) is 24.3 Å². The Labute approximate surface area is 276 Å². The van der Waals surface area contributed by atoms with Crippen LogP contribution in [0.2, 0.25) is 0 Å². The maximum atomic E-state index is 13.7. The zero-order valence-corrected chi connectivity index (χ0v) is 28.1. The third kappa shape index (κ3) is 6.90. The van der Waals surface area contributed by atoms with Crippen molar-refractivity contribution < 1.29 is 34.8 Å². The highest BCUT2D eigenvalue weighted by Crippen LogP contribution is 2.38. The molecule has 0 heterocycles. The number of nitrogens with zero attached hydrogens (tertiary/aromatic N) is 2. The van der Waals surface area contributed by atoms with Gasteiger partial charge >= 0.3 is 0 Å². The van der Waals surface area contributed by atoms with Gasteiger partial charge < -0.3 is 46.4 Å². The molecule has 0 radical (unpaired) electrons. The van der Waals surface area contributed by atoms with E-state index in [1.807, 2.05) is 67.8 Å². The smallest absolute Gasteiger partial charge is 0.256 e. The first-order chi connectivity index (χ1) is 19.5. The van der Waals surface area contributed by atoms with E-state index in [0.29, 0.717) is 11.1 Å². The van der Waals surface area contributed by atoms with Crippen LogP contribution in [0.4, 0.5) is 5.69 Å². The first kappa shape index (κ1) is 33.7. The normalized spacial score (nSPS) is 14.2. The van der Waals surface area contributed by atoms with Gasteiger partial charge in [-0.2, -0.15) is 0 Å². The van der Waals surface area contributed by atoms with E-state index < -0.39 is 23.6 Å². The van der Waals surface area contributed by atoms with Crippen LogP contribution in [0.1, 0.15) is 31.8 Å². The Morgan fingerprint density at radius 2 is 1.07 bits per heavy atom. The Balaban J connectivity index is 2.18. The van der Waals surface area contributed by atoms with E-state index in [-0.39, 0.29) is 91.6 Å². The van der Waals surface area contributed by atoms with Crippen molar-refractivity contribution in [2.24, 2.45) is 5.92 Å². The number of fused-ring (bicyclic) bond motifs is 1. The molecule has 41 heavy (non-hydrogen) atoms. The van der Waals surface area contributed by atoms with Gasteiger partial charge in [0.1, 0.15) is 5.92 Å². The van der Waals surface area contributed by atoms with E-state index in [2.05, 4.69) is 5.32 Å². The SMILES string of the molecule is N=C1c2ccccc2C(=N)C1C(=O)Nc1c(I)c(C(=O)N(CCO)CCO)c(I)c(C(=O)N(CCO)CCO)c1I. The average molecular weight is 903 g/mol. The highest BCUT2D eigenvalue weighted by Gasteiger charge is 2.39. The topological polar surface area (TPSA) is 198 Å². The zero-order valence-electron chi connectivity index (χ0n) is 21.6. The van der Waals surface area contributed by atoms with Crippen LogP contribution < -0.4 is 5.32 Å². The second-order valence-corrected chi connectivity index (χ2v) is 12.1. The number of carbonyl (C=O) groups excluding carboxylic acids is 3. The molecular formula is C26H28I3N5O7. The van der Waals surface area contributed by atoms with Gasteiger partial charge in [0.15, 0.2) is 0 Å². The first-order valence-electron chi connectivity index (χ1n) is 12.3. The first-order valence-corrected chi connectivity index (χ1v) is 15.6. The highest BCUT2D eigenvalue weighted by atomic mass is 127. The van der Waals surface area contributed by atoms with Crippen LogP contribution in [-0.4, -0.2) is 112 Å². The largest absolute Gasteiger partial charge is 0.395 e. The lowest BCUT2D eigenvalue weighted by molar-refractivity contribution is -0.116. The van der Waals surface area contributed by atoms with Gasteiger partial charge in [0.05, 0.1) is 61.8 Å². The number of aliphatic hydroxyl groups excluding tert-OH is 4. The molecule has 2 aromatic rings. The van der Waals surface area contributed by atoms with Crippen LogP contribution in [-0.2, 0) is 4.79 Å². The second kappa shape index (κ2) is 15.1. The van der Waals surface area contributed by atoms with E-state index in [1.165, 1.54) is 9.80 Å². The van der Waals surface area contributed by atoms with Gasteiger partial charge in [-0.1, -0.05) is 24.3 Å². The molecule has 3 amide bonds. The Morgan fingerprint density at radius 3 is 1.41 bits per heavy atom. The number of hydrogen-bond acceptors (Lipinski definition) is 9. The van der Waals surface area contributed by atoms with Gasteiger partial charge in [0.2, 0.25) is 5.91 Å². The maximum absolute atomic E-state index is 13.7. The van der Waals surface area contributed by atoms with Crippen molar-refractivity contribution in [1.29, 1.82) is 10.8 Å². The molecule has 0 aliphatic heterocycles. The molecule has 0 fully saturated rings. The number of aliphatic hydroxyl groups is 4. The van der Waals surface area contributed by atoms with Crippen molar-refractivity contribution >= 4 is 103 Å². The zero-order chi connectivity index (χ0) is 30.4. The fraction of sp³-hybridized carbons (Fsp3) is 0.346. The lowest BCUT2D eigenvalue weighted by Crippen LogP contribution is -2.39. The van der Waals surface area contributed by atoms with Crippen LogP contribution in [0.25, 0.3) is 0 Å². The number of anilines is 1. The number of hydrogen-bond donors (Lipinski definition) is 7. The monoisotopic (exact) mass is 903 g/mol. The van der Waals surface area contributed by atoms with Gasteiger partial charge in [0.25, 0.3) is 11.8 Å². The number of benzene rings is 2. The van der Waals surface area contributed by atoms with Gasteiger partial charge in [-0.25, -0.2) is 0 Å². The molecule has 0 unspecified atom stereocenters. The molecule has 1 aliphatic rings. The third-order valence-corrected chi connectivity index (χ3v) is 9.63. The summed E-state index contributed by atoms with van der Waals surface area (Å²) in [6.45, 7) is -1.82. The Kier molecular flexibility index (Phi) is 12.4. The van der Waals surface area contributed by atoms with Crippen molar-refractivity contribution in [3.05, 3.63) is 57.2 Å². The van der Waals surface area contributed by atoms with E-state index in [4.69, 9.17) is 10.8 Å². The summed E-state index contributed by atoms with van der Waals surface area (Å²) in [7, 11) is 0. The van der Waals surface area contributed by atoms with Crippen LogP contribution in [0.3, 0.4) is 0 Å². The van der Waals surface area contributed by atoms with Gasteiger partial charge in [-0.3, -0.25) is 14.4 Å². The predicted molar refractivity (Wildman–Crippen MR) is 177 cm³/mol. The Bertz CT molecular complexity index is 1290. The highest BCUT2D eigenvalue weighted by molar-refractivity contribution is 14.1. The molecule has 0 spiro atoms.